The van der Waals surface area contributed by atoms with Crippen LogP contribution in [0.2, 0.25) is 0 Å². The fourth-order valence-corrected chi connectivity index (χ4v) is 2.28. The molecule has 1 aliphatic heterocycles. The molecule has 1 N–H and O–H groups in total. The van der Waals surface area contributed by atoms with E-state index in [0.29, 0.717) is 18.0 Å². The zero-order valence-corrected chi connectivity index (χ0v) is 11.7. The van der Waals surface area contributed by atoms with Crippen LogP contribution in [0.25, 0.3) is 0 Å². The summed E-state index contributed by atoms with van der Waals surface area (Å²) in [5.74, 6) is -0.589. The number of hydrogen-bond acceptors (Lipinski definition) is 4. The van der Waals surface area contributed by atoms with E-state index in [0.717, 1.165) is 25.9 Å². The number of rotatable bonds is 4. The third-order valence-corrected chi connectivity index (χ3v) is 3.28. The predicted molar refractivity (Wildman–Crippen MR) is 69.5 cm³/mol. The molecule has 1 aromatic heterocycles. The van der Waals surface area contributed by atoms with E-state index in [2.05, 4.69) is 4.98 Å². The first-order valence-electron chi connectivity index (χ1n) is 6.73. The molecular formula is C14H21NO4. The number of carboxylic acids is 1. The van der Waals surface area contributed by atoms with Crippen molar-refractivity contribution >= 4 is 5.97 Å². The van der Waals surface area contributed by atoms with Crippen LogP contribution >= 0.6 is 0 Å². The van der Waals surface area contributed by atoms with Crippen molar-refractivity contribution in [3.05, 3.63) is 17.3 Å². The topological polar surface area (TPSA) is 72.6 Å². The Kier molecular flexibility index (Phi) is 3.94. The third kappa shape index (κ3) is 3.35. The van der Waals surface area contributed by atoms with Gasteiger partial charge in [-0.3, -0.25) is 0 Å². The van der Waals surface area contributed by atoms with E-state index >= 15 is 0 Å². The summed E-state index contributed by atoms with van der Waals surface area (Å²) in [6.45, 7) is 6.62. The highest BCUT2D eigenvalue weighted by Gasteiger charge is 2.29. The zero-order chi connectivity index (χ0) is 14.0. The second-order valence-electron chi connectivity index (χ2n) is 6.01. The molecule has 1 fully saturated rings. The lowest BCUT2D eigenvalue weighted by molar-refractivity contribution is 0.0656. The van der Waals surface area contributed by atoms with Gasteiger partial charge in [-0.05, 0) is 19.3 Å². The monoisotopic (exact) mass is 267 g/mol. The molecule has 5 nitrogen and oxygen atoms in total. The van der Waals surface area contributed by atoms with Gasteiger partial charge in [0.2, 0.25) is 5.76 Å². The van der Waals surface area contributed by atoms with E-state index in [9.17, 15) is 4.79 Å². The highest BCUT2D eigenvalue weighted by atomic mass is 16.5. The number of nitrogens with zero attached hydrogens (tertiary/aromatic N) is 1. The van der Waals surface area contributed by atoms with E-state index in [1.807, 2.05) is 20.8 Å². The van der Waals surface area contributed by atoms with Crippen molar-refractivity contribution in [2.75, 3.05) is 6.61 Å². The molecule has 0 amide bonds. The van der Waals surface area contributed by atoms with Gasteiger partial charge in [0.15, 0.2) is 5.89 Å². The lowest BCUT2D eigenvalue weighted by Gasteiger charge is -2.14. The Morgan fingerprint density at radius 2 is 2.21 bits per heavy atom. The maximum atomic E-state index is 11.2. The Morgan fingerprint density at radius 1 is 1.47 bits per heavy atom. The predicted octanol–water partition coefficient (Wildman–Crippen LogP) is 2.78. The van der Waals surface area contributed by atoms with Crippen molar-refractivity contribution in [1.82, 2.24) is 4.98 Å². The van der Waals surface area contributed by atoms with Crippen molar-refractivity contribution in [2.45, 2.75) is 58.0 Å². The van der Waals surface area contributed by atoms with Crippen molar-refractivity contribution in [3.63, 3.8) is 0 Å². The smallest absolute Gasteiger partial charge is 0.373 e. The van der Waals surface area contributed by atoms with Gasteiger partial charge >= 0.3 is 5.97 Å². The van der Waals surface area contributed by atoms with Gasteiger partial charge < -0.3 is 14.3 Å². The largest absolute Gasteiger partial charge is 0.475 e. The van der Waals surface area contributed by atoms with Gasteiger partial charge in [-0.2, -0.15) is 0 Å². The molecule has 19 heavy (non-hydrogen) atoms. The SMILES string of the molecule is CC(C)(C)c1nc(CCC2CCCO2)oc1C(=O)O. The molecule has 0 aliphatic carbocycles. The average molecular weight is 267 g/mol. The molecule has 0 bridgehead atoms. The molecule has 2 rings (SSSR count). The first kappa shape index (κ1) is 14.1. The molecule has 1 unspecified atom stereocenters. The molecule has 1 aliphatic rings. The minimum atomic E-state index is -1.05. The van der Waals surface area contributed by atoms with Crippen LogP contribution in [-0.2, 0) is 16.6 Å². The van der Waals surface area contributed by atoms with Crippen LogP contribution < -0.4 is 0 Å². The van der Waals surface area contributed by atoms with E-state index in [1.54, 1.807) is 0 Å². The molecule has 0 saturated carbocycles. The zero-order valence-electron chi connectivity index (χ0n) is 11.7. The molecule has 1 atom stereocenters. The second kappa shape index (κ2) is 5.33. The van der Waals surface area contributed by atoms with Crippen molar-refractivity contribution in [3.8, 4) is 0 Å². The molecule has 0 radical (unpaired) electrons. The Hall–Kier alpha value is -1.36. The normalized spacial score (nSPS) is 19.8. The number of aromatic nitrogens is 1. The highest BCUT2D eigenvalue weighted by Crippen LogP contribution is 2.27. The maximum Gasteiger partial charge on any atom is 0.373 e. The molecule has 1 aromatic rings. The third-order valence-electron chi connectivity index (χ3n) is 3.28. The summed E-state index contributed by atoms with van der Waals surface area (Å²) in [6.07, 6.45) is 3.89. The number of ether oxygens (including phenoxy) is 1. The van der Waals surface area contributed by atoms with Crippen molar-refractivity contribution < 1.29 is 19.1 Å². The minimum Gasteiger partial charge on any atom is -0.475 e. The minimum absolute atomic E-state index is 0.0326. The summed E-state index contributed by atoms with van der Waals surface area (Å²) in [7, 11) is 0. The van der Waals surface area contributed by atoms with Gasteiger partial charge in [0.05, 0.1) is 11.8 Å². The first-order valence-corrected chi connectivity index (χ1v) is 6.73. The number of carboxylic acid groups (broad SMARTS) is 1. The van der Waals surface area contributed by atoms with Crippen molar-refractivity contribution in [2.24, 2.45) is 0 Å². The Bertz CT molecular complexity index is 453. The fourth-order valence-electron chi connectivity index (χ4n) is 2.28. The number of carbonyl (C=O) groups is 1. The molecule has 1 saturated heterocycles. The van der Waals surface area contributed by atoms with Crippen LogP contribution in [-0.4, -0.2) is 28.8 Å². The summed E-state index contributed by atoms with van der Waals surface area (Å²) in [6, 6.07) is 0. The Labute approximate surface area is 113 Å². The van der Waals surface area contributed by atoms with Gasteiger partial charge in [-0.15, -0.1) is 0 Å². The van der Waals surface area contributed by atoms with Crippen LogP contribution in [0.5, 0.6) is 0 Å². The average Bonchev–Trinajstić information content (AvgIpc) is 2.94. The van der Waals surface area contributed by atoms with Gasteiger partial charge in [0.1, 0.15) is 0 Å². The number of aryl methyl sites for hydroxylation is 1. The Balaban J connectivity index is 2.11. The summed E-state index contributed by atoms with van der Waals surface area (Å²) in [4.78, 5) is 15.5. The molecule has 106 valence electrons. The Morgan fingerprint density at radius 3 is 2.68 bits per heavy atom. The molecule has 0 spiro atoms. The summed E-state index contributed by atoms with van der Waals surface area (Å²) >= 11 is 0. The van der Waals surface area contributed by atoms with Crippen LogP contribution in [0, 0.1) is 0 Å². The van der Waals surface area contributed by atoms with Gasteiger partial charge in [0.25, 0.3) is 0 Å². The van der Waals surface area contributed by atoms with Crippen molar-refractivity contribution in [1.29, 1.82) is 0 Å². The maximum absolute atomic E-state index is 11.2. The van der Waals surface area contributed by atoms with E-state index in [-0.39, 0.29) is 17.3 Å². The molecule has 5 heteroatoms. The summed E-state index contributed by atoms with van der Waals surface area (Å²) in [5.41, 5.74) is 0.182. The van der Waals surface area contributed by atoms with E-state index in [4.69, 9.17) is 14.3 Å². The molecule has 0 aromatic carbocycles. The molecular weight excluding hydrogens is 246 g/mol. The lowest BCUT2D eigenvalue weighted by atomic mass is 9.91. The quantitative estimate of drug-likeness (QED) is 0.908. The van der Waals surface area contributed by atoms with Crippen LogP contribution in [0.1, 0.15) is 62.2 Å². The van der Waals surface area contributed by atoms with Crippen LogP contribution in [0.3, 0.4) is 0 Å². The van der Waals surface area contributed by atoms with E-state index < -0.39 is 5.97 Å². The second-order valence-corrected chi connectivity index (χ2v) is 6.01. The standard InChI is InChI=1S/C14H21NO4/c1-14(2,3)12-11(13(16)17)19-10(15-12)7-6-9-5-4-8-18-9/h9H,4-8H2,1-3H3,(H,16,17). The molecule has 2 heterocycles. The number of oxazole rings is 1. The lowest BCUT2D eigenvalue weighted by Crippen LogP contribution is -2.16. The van der Waals surface area contributed by atoms with Gasteiger partial charge in [-0.1, -0.05) is 20.8 Å². The number of hydrogen-bond donors (Lipinski definition) is 1. The van der Waals surface area contributed by atoms with Gasteiger partial charge in [0, 0.05) is 18.4 Å². The van der Waals surface area contributed by atoms with Crippen LogP contribution in [0.4, 0.5) is 0 Å². The fraction of sp³-hybridized carbons (Fsp3) is 0.714. The van der Waals surface area contributed by atoms with E-state index in [1.165, 1.54) is 0 Å². The van der Waals surface area contributed by atoms with Crippen LogP contribution in [0.15, 0.2) is 4.42 Å². The number of aromatic carboxylic acids is 1. The highest BCUT2D eigenvalue weighted by molar-refractivity contribution is 5.86. The van der Waals surface area contributed by atoms with Gasteiger partial charge in [-0.25, -0.2) is 9.78 Å². The first-order chi connectivity index (χ1) is 8.88. The summed E-state index contributed by atoms with van der Waals surface area (Å²) < 4.78 is 10.9. The summed E-state index contributed by atoms with van der Waals surface area (Å²) in [5, 5.41) is 9.16.